The minimum atomic E-state index is -0.416. The molecule has 5 nitrogen and oxygen atoms in total. The first-order valence-corrected chi connectivity index (χ1v) is 10.4. The molecule has 0 spiro atoms. The molecule has 1 atom stereocenters. The number of quaternary nitrogens is 1. The van der Waals surface area contributed by atoms with Crippen LogP contribution in [-0.4, -0.2) is 42.9 Å². The van der Waals surface area contributed by atoms with Gasteiger partial charge in [0, 0.05) is 16.8 Å². The number of hydrogen-bond acceptors (Lipinski definition) is 2. The molecule has 4 rings (SSSR count). The predicted molar refractivity (Wildman–Crippen MR) is 117 cm³/mol. The highest BCUT2D eigenvalue weighted by Crippen LogP contribution is 2.15. The van der Waals surface area contributed by atoms with Crippen molar-refractivity contribution in [3.05, 3.63) is 102 Å². The second-order valence-electron chi connectivity index (χ2n) is 7.66. The lowest BCUT2D eigenvalue weighted by Gasteiger charge is -2.36. The predicted octanol–water partition coefficient (Wildman–Crippen LogP) is 2.55. The molecule has 0 aromatic heterocycles. The molecule has 3 aromatic carbocycles. The van der Waals surface area contributed by atoms with E-state index in [0.717, 1.165) is 10.5 Å². The number of carbonyl (C=O) groups is 2. The molecule has 31 heavy (non-hydrogen) atoms. The van der Waals surface area contributed by atoms with Crippen molar-refractivity contribution in [1.82, 2.24) is 4.90 Å². The van der Waals surface area contributed by atoms with Crippen LogP contribution in [0.3, 0.4) is 0 Å². The van der Waals surface area contributed by atoms with Gasteiger partial charge in [0.15, 0.2) is 6.04 Å². The van der Waals surface area contributed by atoms with Crippen LogP contribution in [0.4, 0.5) is 10.1 Å². The van der Waals surface area contributed by atoms with E-state index in [1.54, 1.807) is 12.1 Å². The third kappa shape index (κ3) is 4.98. The number of nitrogens with zero attached hydrogens (tertiary/aromatic N) is 1. The minimum Gasteiger partial charge on any atom is -0.327 e. The fourth-order valence-electron chi connectivity index (χ4n) is 4.01. The summed E-state index contributed by atoms with van der Waals surface area (Å²) in [6.45, 7) is 2.48. The molecule has 3 aromatic rings. The number of carbonyl (C=O) groups excluding carboxylic acids is 2. The van der Waals surface area contributed by atoms with Crippen LogP contribution < -0.4 is 10.2 Å². The van der Waals surface area contributed by atoms with Gasteiger partial charge in [0.05, 0.1) is 26.2 Å². The van der Waals surface area contributed by atoms with Crippen LogP contribution in [-0.2, 0) is 4.79 Å². The third-order valence-corrected chi connectivity index (χ3v) is 5.63. The second kappa shape index (κ2) is 9.53. The Kier molecular flexibility index (Phi) is 6.38. The zero-order valence-electron chi connectivity index (χ0n) is 17.1. The summed E-state index contributed by atoms with van der Waals surface area (Å²) >= 11 is 0. The average molecular weight is 418 g/mol. The molecular formula is C25H25FN3O2+. The minimum absolute atomic E-state index is 0.0201. The molecule has 0 radical (unpaired) electrons. The van der Waals surface area contributed by atoms with E-state index in [1.807, 2.05) is 65.6 Å². The summed E-state index contributed by atoms with van der Waals surface area (Å²) < 4.78 is 13.2. The van der Waals surface area contributed by atoms with Gasteiger partial charge in [-0.1, -0.05) is 48.5 Å². The van der Waals surface area contributed by atoms with Crippen LogP contribution in [0.5, 0.6) is 0 Å². The largest absolute Gasteiger partial charge is 0.327 e. The highest BCUT2D eigenvalue weighted by atomic mass is 19.1. The molecule has 0 unspecified atom stereocenters. The topological polar surface area (TPSA) is 53.9 Å². The molecule has 1 heterocycles. The van der Waals surface area contributed by atoms with Crippen molar-refractivity contribution in [3.8, 4) is 0 Å². The van der Waals surface area contributed by atoms with Crippen molar-refractivity contribution < 1.29 is 18.9 Å². The number of piperazine rings is 1. The number of hydrogen-bond donors (Lipinski definition) is 2. The first kappa shape index (κ1) is 20.8. The summed E-state index contributed by atoms with van der Waals surface area (Å²) in [5, 5.41) is 2.92. The monoisotopic (exact) mass is 418 g/mol. The van der Waals surface area contributed by atoms with Gasteiger partial charge in [-0.05, 0) is 36.4 Å². The molecule has 1 aliphatic heterocycles. The molecule has 158 valence electrons. The molecule has 1 aliphatic rings. The smallest absolute Gasteiger partial charge is 0.287 e. The Morgan fingerprint density at radius 1 is 0.839 bits per heavy atom. The molecule has 0 saturated carbocycles. The van der Waals surface area contributed by atoms with Crippen molar-refractivity contribution in [3.63, 3.8) is 0 Å². The highest BCUT2D eigenvalue weighted by molar-refractivity contribution is 5.95. The Morgan fingerprint density at radius 3 is 2.03 bits per heavy atom. The number of benzene rings is 3. The Morgan fingerprint density at radius 2 is 1.42 bits per heavy atom. The first-order valence-electron chi connectivity index (χ1n) is 10.4. The Labute approximate surface area is 181 Å². The van der Waals surface area contributed by atoms with Crippen LogP contribution in [0.15, 0.2) is 84.9 Å². The molecule has 1 fully saturated rings. The van der Waals surface area contributed by atoms with Crippen LogP contribution in [0, 0.1) is 5.82 Å². The van der Waals surface area contributed by atoms with Crippen LogP contribution in [0.2, 0.25) is 0 Å². The first-order chi connectivity index (χ1) is 15.1. The zero-order chi connectivity index (χ0) is 21.6. The standard InChI is InChI=1S/C25H24FN3O2/c26-21-11-13-22(14-12-21)27-24(30)23(19-7-3-1-4-8-19)28-15-17-29(18-16-28)25(31)20-9-5-2-6-10-20/h1-14,23H,15-18H2,(H,27,30)/p+1/t23-/m1/s1. The fourth-order valence-corrected chi connectivity index (χ4v) is 4.01. The van der Waals surface area contributed by atoms with E-state index in [4.69, 9.17) is 0 Å². The summed E-state index contributed by atoms with van der Waals surface area (Å²) in [4.78, 5) is 28.9. The van der Waals surface area contributed by atoms with E-state index in [9.17, 15) is 14.0 Å². The fraction of sp³-hybridized carbons (Fsp3) is 0.200. The van der Waals surface area contributed by atoms with E-state index in [0.29, 0.717) is 37.4 Å². The lowest BCUT2D eigenvalue weighted by atomic mass is 10.0. The molecule has 2 amide bonds. The van der Waals surface area contributed by atoms with E-state index in [2.05, 4.69) is 5.32 Å². The lowest BCUT2D eigenvalue weighted by molar-refractivity contribution is -0.925. The van der Waals surface area contributed by atoms with Crippen molar-refractivity contribution in [1.29, 1.82) is 0 Å². The highest BCUT2D eigenvalue weighted by Gasteiger charge is 2.35. The summed E-state index contributed by atoms with van der Waals surface area (Å²) in [5.41, 5.74) is 2.16. The van der Waals surface area contributed by atoms with Crippen molar-refractivity contribution in [2.45, 2.75) is 6.04 Å². The lowest BCUT2D eigenvalue weighted by Crippen LogP contribution is -3.16. The van der Waals surface area contributed by atoms with Gasteiger partial charge < -0.3 is 15.1 Å². The van der Waals surface area contributed by atoms with Gasteiger partial charge in [-0.2, -0.15) is 0 Å². The molecule has 0 aliphatic carbocycles. The third-order valence-electron chi connectivity index (χ3n) is 5.63. The molecule has 2 N–H and O–H groups in total. The number of rotatable bonds is 5. The van der Waals surface area contributed by atoms with Gasteiger partial charge in [-0.3, -0.25) is 9.59 Å². The maximum atomic E-state index is 13.2. The van der Waals surface area contributed by atoms with Crippen molar-refractivity contribution in [2.75, 3.05) is 31.5 Å². The van der Waals surface area contributed by atoms with Crippen LogP contribution in [0.1, 0.15) is 22.0 Å². The molecule has 6 heteroatoms. The Hall–Kier alpha value is -3.51. The maximum absolute atomic E-state index is 13.2. The maximum Gasteiger partial charge on any atom is 0.287 e. The number of amides is 2. The molecular weight excluding hydrogens is 393 g/mol. The van der Waals surface area contributed by atoms with E-state index < -0.39 is 6.04 Å². The Bertz CT molecular complexity index is 1020. The second-order valence-corrected chi connectivity index (χ2v) is 7.66. The van der Waals surface area contributed by atoms with Crippen LogP contribution in [0.25, 0.3) is 0 Å². The molecule has 0 bridgehead atoms. The van der Waals surface area contributed by atoms with E-state index in [-0.39, 0.29) is 17.6 Å². The number of nitrogens with one attached hydrogen (secondary N) is 2. The van der Waals surface area contributed by atoms with Crippen molar-refractivity contribution in [2.24, 2.45) is 0 Å². The van der Waals surface area contributed by atoms with E-state index >= 15 is 0 Å². The Balaban J connectivity index is 1.48. The normalized spacial score (nSPS) is 15.3. The van der Waals surface area contributed by atoms with Gasteiger partial charge in [-0.15, -0.1) is 0 Å². The van der Waals surface area contributed by atoms with Crippen molar-refractivity contribution >= 4 is 17.5 Å². The average Bonchev–Trinajstić information content (AvgIpc) is 2.82. The SMILES string of the molecule is O=C(Nc1ccc(F)cc1)[C@@H](c1ccccc1)[NH+]1CCN(C(=O)c2ccccc2)CC1. The molecule has 1 saturated heterocycles. The van der Waals surface area contributed by atoms with Gasteiger partial charge in [0.25, 0.3) is 11.8 Å². The van der Waals surface area contributed by atoms with Gasteiger partial charge in [-0.25, -0.2) is 4.39 Å². The zero-order valence-corrected chi connectivity index (χ0v) is 17.1. The van der Waals surface area contributed by atoms with Gasteiger partial charge >= 0.3 is 0 Å². The summed E-state index contributed by atoms with van der Waals surface area (Å²) in [7, 11) is 0. The summed E-state index contributed by atoms with van der Waals surface area (Å²) in [6.07, 6.45) is 0. The van der Waals surface area contributed by atoms with Crippen LogP contribution >= 0.6 is 0 Å². The summed E-state index contributed by atoms with van der Waals surface area (Å²) in [5.74, 6) is -0.468. The number of halogens is 1. The number of anilines is 1. The van der Waals surface area contributed by atoms with Gasteiger partial charge in [0.2, 0.25) is 0 Å². The van der Waals surface area contributed by atoms with Gasteiger partial charge in [0.1, 0.15) is 5.82 Å². The summed E-state index contributed by atoms with van der Waals surface area (Å²) in [6, 6.07) is 24.3. The quantitative estimate of drug-likeness (QED) is 0.669. The van der Waals surface area contributed by atoms with E-state index in [1.165, 1.54) is 12.1 Å².